The van der Waals surface area contributed by atoms with Gasteiger partial charge in [-0.1, -0.05) is 18.2 Å². The Balaban J connectivity index is 2.04. The fourth-order valence-electron chi connectivity index (χ4n) is 2.95. The van der Waals surface area contributed by atoms with Crippen molar-refractivity contribution in [2.24, 2.45) is 11.7 Å². The van der Waals surface area contributed by atoms with Gasteiger partial charge in [-0.3, -0.25) is 4.79 Å². The maximum atomic E-state index is 11.7. The molecule has 2 aromatic rings. The monoisotopic (exact) mass is 285 g/mol. The molecular weight excluding hydrogens is 266 g/mol. The minimum atomic E-state index is -0.439. The van der Waals surface area contributed by atoms with Gasteiger partial charge in [-0.15, -0.1) is 0 Å². The number of aliphatic hydroxyl groups excluding tert-OH is 1. The fourth-order valence-corrected chi connectivity index (χ4v) is 2.95. The average molecular weight is 285 g/mol. The quantitative estimate of drug-likeness (QED) is 0.896. The van der Waals surface area contributed by atoms with Gasteiger partial charge in [-0.05, 0) is 30.9 Å². The van der Waals surface area contributed by atoms with Gasteiger partial charge in [0.2, 0.25) is 5.91 Å². The van der Waals surface area contributed by atoms with Crippen molar-refractivity contribution in [2.45, 2.75) is 12.8 Å². The van der Waals surface area contributed by atoms with E-state index in [1.807, 2.05) is 24.3 Å². The molecule has 0 aliphatic carbocycles. The van der Waals surface area contributed by atoms with E-state index in [0.717, 1.165) is 42.7 Å². The van der Waals surface area contributed by atoms with Crippen LogP contribution in [0.15, 0.2) is 30.3 Å². The second-order valence-electron chi connectivity index (χ2n) is 5.55. The van der Waals surface area contributed by atoms with E-state index in [1.165, 1.54) is 0 Å². The first kappa shape index (κ1) is 13.8. The lowest BCUT2D eigenvalue weighted by atomic mass is 9.98. The Kier molecular flexibility index (Phi) is 3.75. The molecule has 0 bridgehead atoms. The summed E-state index contributed by atoms with van der Waals surface area (Å²) in [5, 5.41) is 10.1. The summed E-state index contributed by atoms with van der Waals surface area (Å²) in [6.45, 7) is 1.84. The van der Waals surface area contributed by atoms with E-state index in [4.69, 9.17) is 5.73 Å². The third-order valence-corrected chi connectivity index (χ3v) is 4.07. The van der Waals surface area contributed by atoms with Gasteiger partial charge in [-0.25, -0.2) is 4.98 Å². The van der Waals surface area contributed by atoms with Crippen molar-refractivity contribution in [2.75, 3.05) is 24.6 Å². The number of amides is 1. The number of fused-ring (bicyclic) bond motifs is 1. The van der Waals surface area contributed by atoms with Gasteiger partial charge in [0, 0.05) is 25.1 Å². The molecule has 1 atom stereocenters. The molecule has 3 N–H and O–H groups in total. The zero-order valence-electron chi connectivity index (χ0n) is 11.8. The molecule has 3 rings (SSSR count). The molecular formula is C16H19N3O2. The molecule has 110 valence electrons. The number of primary amides is 1. The van der Waals surface area contributed by atoms with Gasteiger partial charge < -0.3 is 15.7 Å². The van der Waals surface area contributed by atoms with Gasteiger partial charge in [-0.2, -0.15) is 0 Å². The highest BCUT2D eigenvalue weighted by atomic mass is 16.3. The number of piperidine rings is 1. The molecule has 5 heteroatoms. The van der Waals surface area contributed by atoms with Crippen molar-refractivity contribution in [1.29, 1.82) is 0 Å². The van der Waals surface area contributed by atoms with E-state index >= 15 is 0 Å². The Bertz CT molecular complexity index is 672. The summed E-state index contributed by atoms with van der Waals surface area (Å²) in [5.74, 6) is 0.593. The number of carbonyl (C=O) groups is 1. The average Bonchev–Trinajstić information content (AvgIpc) is 2.53. The van der Waals surface area contributed by atoms with Crippen LogP contribution in [0, 0.1) is 5.92 Å². The van der Waals surface area contributed by atoms with Crippen LogP contribution in [-0.4, -0.2) is 35.7 Å². The topological polar surface area (TPSA) is 79.5 Å². The predicted octanol–water partition coefficient (Wildman–Crippen LogP) is 1.54. The van der Waals surface area contributed by atoms with E-state index in [2.05, 4.69) is 9.88 Å². The summed E-state index contributed by atoms with van der Waals surface area (Å²) >= 11 is 0. The lowest BCUT2D eigenvalue weighted by Crippen LogP contribution is -2.37. The van der Waals surface area contributed by atoms with Crippen LogP contribution >= 0.6 is 0 Å². The second-order valence-corrected chi connectivity index (χ2v) is 5.55. The van der Waals surface area contributed by atoms with Crippen molar-refractivity contribution in [1.82, 2.24) is 4.98 Å². The lowest BCUT2D eigenvalue weighted by molar-refractivity contribution is 0.100. The van der Waals surface area contributed by atoms with E-state index in [0.29, 0.717) is 5.56 Å². The van der Waals surface area contributed by atoms with Crippen LogP contribution in [0.3, 0.4) is 0 Å². The number of hydrogen-bond acceptors (Lipinski definition) is 4. The standard InChI is InChI=1S/C16H19N3O2/c17-16(21)13-8-15(18-14-6-2-1-5-12(13)14)19-7-3-4-11(9-19)10-20/h1-2,5-6,8,11,20H,3-4,7,9-10H2,(H2,17,21)/t11-/m0/s1. The molecule has 1 saturated heterocycles. The zero-order valence-corrected chi connectivity index (χ0v) is 11.8. The molecule has 21 heavy (non-hydrogen) atoms. The van der Waals surface area contributed by atoms with Crippen LogP contribution in [0.5, 0.6) is 0 Å². The van der Waals surface area contributed by atoms with Crippen LogP contribution in [0.2, 0.25) is 0 Å². The second kappa shape index (κ2) is 5.69. The van der Waals surface area contributed by atoms with Crippen LogP contribution < -0.4 is 10.6 Å². The lowest BCUT2D eigenvalue weighted by Gasteiger charge is -2.33. The highest BCUT2D eigenvalue weighted by Gasteiger charge is 2.21. The van der Waals surface area contributed by atoms with E-state index in [-0.39, 0.29) is 12.5 Å². The number of anilines is 1. The van der Waals surface area contributed by atoms with Crippen LogP contribution in [0.1, 0.15) is 23.2 Å². The normalized spacial score (nSPS) is 18.9. The van der Waals surface area contributed by atoms with Crippen molar-refractivity contribution in [3.05, 3.63) is 35.9 Å². The molecule has 1 aromatic carbocycles. The molecule has 0 saturated carbocycles. The van der Waals surface area contributed by atoms with Crippen molar-refractivity contribution >= 4 is 22.6 Å². The fraction of sp³-hybridized carbons (Fsp3) is 0.375. The van der Waals surface area contributed by atoms with E-state index < -0.39 is 5.91 Å². The predicted molar refractivity (Wildman–Crippen MR) is 82.3 cm³/mol. The molecule has 1 aromatic heterocycles. The summed E-state index contributed by atoms with van der Waals surface area (Å²) in [7, 11) is 0. The van der Waals surface area contributed by atoms with Gasteiger partial charge in [0.05, 0.1) is 11.1 Å². The van der Waals surface area contributed by atoms with Gasteiger partial charge in [0.15, 0.2) is 0 Å². The van der Waals surface area contributed by atoms with Gasteiger partial charge >= 0.3 is 0 Å². The first-order valence-electron chi connectivity index (χ1n) is 7.24. The summed E-state index contributed by atoms with van der Waals surface area (Å²) in [5.41, 5.74) is 6.78. The molecule has 0 unspecified atom stereocenters. The Labute approximate surface area is 123 Å². The molecule has 2 heterocycles. The highest BCUT2D eigenvalue weighted by Crippen LogP contribution is 2.26. The van der Waals surface area contributed by atoms with Crippen LogP contribution in [-0.2, 0) is 0 Å². The number of aromatic nitrogens is 1. The molecule has 0 spiro atoms. The number of benzene rings is 1. The third kappa shape index (κ3) is 2.69. The number of hydrogen-bond donors (Lipinski definition) is 2. The summed E-state index contributed by atoms with van der Waals surface area (Å²) in [6.07, 6.45) is 2.05. The molecule has 0 radical (unpaired) electrons. The largest absolute Gasteiger partial charge is 0.396 e. The number of pyridine rings is 1. The summed E-state index contributed by atoms with van der Waals surface area (Å²) in [4.78, 5) is 18.5. The minimum Gasteiger partial charge on any atom is -0.396 e. The number of aliphatic hydroxyl groups is 1. The van der Waals surface area contributed by atoms with Crippen molar-refractivity contribution < 1.29 is 9.90 Å². The van der Waals surface area contributed by atoms with Crippen molar-refractivity contribution in [3.8, 4) is 0 Å². The Morgan fingerprint density at radius 3 is 3.00 bits per heavy atom. The maximum absolute atomic E-state index is 11.7. The van der Waals surface area contributed by atoms with Gasteiger partial charge in [0.1, 0.15) is 5.82 Å². The Hall–Kier alpha value is -2.14. The zero-order chi connectivity index (χ0) is 14.8. The van der Waals surface area contributed by atoms with E-state index in [1.54, 1.807) is 6.07 Å². The number of carbonyl (C=O) groups excluding carboxylic acids is 1. The molecule has 5 nitrogen and oxygen atoms in total. The molecule has 1 amide bonds. The maximum Gasteiger partial charge on any atom is 0.249 e. The SMILES string of the molecule is NC(=O)c1cc(N2CCC[C@H](CO)C2)nc2ccccc12. The Morgan fingerprint density at radius 1 is 1.43 bits per heavy atom. The number of rotatable bonds is 3. The highest BCUT2D eigenvalue weighted by molar-refractivity contribution is 6.06. The smallest absolute Gasteiger partial charge is 0.249 e. The van der Waals surface area contributed by atoms with E-state index in [9.17, 15) is 9.90 Å². The number of nitrogens with zero attached hydrogens (tertiary/aromatic N) is 2. The first-order valence-corrected chi connectivity index (χ1v) is 7.24. The molecule has 1 aliphatic heterocycles. The van der Waals surface area contributed by atoms with Crippen LogP contribution in [0.25, 0.3) is 10.9 Å². The van der Waals surface area contributed by atoms with Gasteiger partial charge in [0.25, 0.3) is 0 Å². The number of nitrogens with two attached hydrogens (primary N) is 1. The third-order valence-electron chi connectivity index (χ3n) is 4.07. The first-order chi connectivity index (χ1) is 10.2. The molecule has 1 aliphatic rings. The van der Waals surface area contributed by atoms with Crippen molar-refractivity contribution in [3.63, 3.8) is 0 Å². The van der Waals surface area contributed by atoms with Crippen LogP contribution in [0.4, 0.5) is 5.82 Å². The minimum absolute atomic E-state index is 0.187. The summed E-state index contributed by atoms with van der Waals surface area (Å²) < 4.78 is 0. The Morgan fingerprint density at radius 2 is 2.24 bits per heavy atom. The number of para-hydroxylation sites is 1. The molecule has 1 fully saturated rings. The summed E-state index contributed by atoms with van der Waals surface area (Å²) in [6, 6.07) is 9.29.